The number of rotatable bonds is 4. The Morgan fingerprint density at radius 2 is 2.11 bits per heavy atom. The highest BCUT2D eigenvalue weighted by Crippen LogP contribution is 2.37. The molecule has 0 bridgehead atoms. The van der Waals surface area contributed by atoms with Crippen LogP contribution in [0.25, 0.3) is 11.3 Å². The number of hydrogen-bond acceptors (Lipinski definition) is 6. The van der Waals surface area contributed by atoms with Crippen LogP contribution in [-0.4, -0.2) is 30.7 Å². The number of nitrogens with zero attached hydrogens (tertiary/aromatic N) is 3. The van der Waals surface area contributed by atoms with E-state index in [2.05, 4.69) is 15.3 Å². The lowest BCUT2D eigenvalue weighted by Crippen LogP contribution is -2.34. The molecule has 4 rings (SSSR count). The first-order valence-corrected chi connectivity index (χ1v) is 11.4. The van der Waals surface area contributed by atoms with E-state index in [1.54, 1.807) is 12.3 Å². The molecule has 9 heteroatoms. The number of sulfonamides is 1. The number of hydrogen-bond donors (Lipinski definition) is 1. The zero-order valence-electron chi connectivity index (χ0n) is 14.7. The zero-order chi connectivity index (χ0) is 19.2. The summed E-state index contributed by atoms with van der Waals surface area (Å²) in [4.78, 5) is 8.66. The van der Waals surface area contributed by atoms with Crippen molar-refractivity contribution in [1.82, 2.24) is 9.97 Å². The van der Waals surface area contributed by atoms with Gasteiger partial charge < -0.3 is 5.32 Å². The Morgan fingerprint density at radius 1 is 1.30 bits per heavy atom. The Morgan fingerprint density at radius 3 is 2.81 bits per heavy atom. The predicted octanol–water partition coefficient (Wildman–Crippen LogP) is 4.31. The van der Waals surface area contributed by atoms with Gasteiger partial charge in [0.2, 0.25) is 10.0 Å². The van der Waals surface area contributed by atoms with E-state index < -0.39 is 10.0 Å². The van der Waals surface area contributed by atoms with Gasteiger partial charge in [-0.15, -0.1) is 11.3 Å². The van der Waals surface area contributed by atoms with Crippen LogP contribution in [0.5, 0.6) is 0 Å². The molecule has 0 spiro atoms. The molecule has 1 N–H and O–H groups in total. The monoisotopic (exact) mass is 420 g/mol. The summed E-state index contributed by atoms with van der Waals surface area (Å²) < 4.78 is 25.6. The maximum atomic E-state index is 12.1. The highest BCUT2D eigenvalue weighted by atomic mass is 35.5. The molecule has 3 heterocycles. The summed E-state index contributed by atoms with van der Waals surface area (Å²) >= 11 is 7.29. The summed E-state index contributed by atoms with van der Waals surface area (Å²) in [6.07, 6.45) is 3.60. The number of pyridine rings is 1. The summed E-state index contributed by atoms with van der Waals surface area (Å²) in [6, 6.07) is 9.29. The van der Waals surface area contributed by atoms with E-state index in [-0.39, 0.29) is 6.04 Å². The van der Waals surface area contributed by atoms with Gasteiger partial charge in [0.15, 0.2) is 5.13 Å². The SMILES string of the molecule is CC1Cc2cc(-c3csc(Nc4ccc(Cl)nc4)n3)ccc2N1S(C)(=O)=O. The number of nitrogens with one attached hydrogen (secondary N) is 1. The van der Waals surface area contributed by atoms with Gasteiger partial charge in [-0.2, -0.15) is 0 Å². The van der Waals surface area contributed by atoms with E-state index in [1.807, 2.05) is 36.6 Å². The van der Waals surface area contributed by atoms with Crippen molar-refractivity contribution in [1.29, 1.82) is 0 Å². The maximum Gasteiger partial charge on any atom is 0.232 e. The third-order valence-corrected chi connectivity index (χ3v) is 6.62. The van der Waals surface area contributed by atoms with Crippen molar-refractivity contribution in [3.63, 3.8) is 0 Å². The fraction of sp³-hybridized carbons (Fsp3) is 0.222. The van der Waals surface area contributed by atoms with Gasteiger partial charge in [-0.3, -0.25) is 4.31 Å². The Labute approximate surface area is 166 Å². The molecule has 1 aliphatic heterocycles. The van der Waals surface area contributed by atoms with Crippen molar-refractivity contribution in [3.05, 3.63) is 52.6 Å². The highest BCUT2D eigenvalue weighted by molar-refractivity contribution is 7.92. The Hall–Kier alpha value is -2.16. The number of aromatic nitrogens is 2. The van der Waals surface area contributed by atoms with Crippen molar-refractivity contribution in [2.75, 3.05) is 15.9 Å². The van der Waals surface area contributed by atoms with E-state index in [9.17, 15) is 8.42 Å². The van der Waals surface area contributed by atoms with Crippen molar-refractivity contribution < 1.29 is 8.42 Å². The third-order valence-electron chi connectivity index (χ3n) is 4.37. The van der Waals surface area contributed by atoms with Gasteiger partial charge >= 0.3 is 0 Å². The van der Waals surface area contributed by atoms with Crippen molar-refractivity contribution >= 4 is 49.5 Å². The lowest BCUT2D eigenvalue weighted by atomic mass is 10.1. The van der Waals surface area contributed by atoms with Crippen LogP contribution in [0.2, 0.25) is 5.15 Å². The summed E-state index contributed by atoms with van der Waals surface area (Å²) in [5.41, 5.74) is 4.41. The topological polar surface area (TPSA) is 75.2 Å². The highest BCUT2D eigenvalue weighted by Gasteiger charge is 2.32. The molecular weight excluding hydrogens is 404 g/mol. The average molecular weight is 421 g/mol. The molecule has 27 heavy (non-hydrogen) atoms. The summed E-state index contributed by atoms with van der Waals surface area (Å²) in [6.45, 7) is 1.92. The van der Waals surface area contributed by atoms with Gasteiger partial charge in [0.25, 0.3) is 0 Å². The normalized spacial score (nSPS) is 16.4. The third kappa shape index (κ3) is 3.65. The smallest absolute Gasteiger partial charge is 0.232 e. The second kappa shape index (κ2) is 6.78. The molecule has 0 saturated carbocycles. The molecule has 0 fully saturated rings. The lowest BCUT2D eigenvalue weighted by molar-refractivity contribution is 0.590. The first-order valence-electron chi connectivity index (χ1n) is 8.28. The van der Waals surface area contributed by atoms with Crippen LogP contribution in [0.3, 0.4) is 0 Å². The van der Waals surface area contributed by atoms with Gasteiger partial charge in [0.05, 0.1) is 29.5 Å². The number of fused-ring (bicyclic) bond motifs is 1. The largest absolute Gasteiger partial charge is 0.330 e. The Balaban J connectivity index is 1.60. The molecule has 1 atom stereocenters. The molecule has 1 aliphatic rings. The second-order valence-corrected chi connectivity index (χ2v) is 9.59. The summed E-state index contributed by atoms with van der Waals surface area (Å²) in [7, 11) is -3.28. The fourth-order valence-corrected chi connectivity index (χ4v) is 5.42. The standard InChI is InChI=1S/C18H17ClN4O2S2/c1-11-7-13-8-12(3-5-16(13)23(11)27(2,24)25)15-10-26-18(22-15)21-14-4-6-17(19)20-9-14/h3-6,8-11H,7H2,1-2H3,(H,21,22). The van der Waals surface area contributed by atoms with Gasteiger partial charge in [0, 0.05) is 17.0 Å². The van der Waals surface area contributed by atoms with Crippen molar-refractivity contribution in [3.8, 4) is 11.3 Å². The van der Waals surface area contributed by atoms with Crippen LogP contribution in [0.15, 0.2) is 41.9 Å². The van der Waals surface area contributed by atoms with Crippen LogP contribution in [-0.2, 0) is 16.4 Å². The molecule has 0 radical (unpaired) electrons. The van der Waals surface area contributed by atoms with Gasteiger partial charge in [-0.25, -0.2) is 18.4 Å². The van der Waals surface area contributed by atoms with E-state index in [0.29, 0.717) is 11.6 Å². The predicted molar refractivity (Wildman–Crippen MR) is 111 cm³/mol. The Kier molecular flexibility index (Phi) is 4.57. The van der Waals surface area contributed by atoms with Crippen molar-refractivity contribution in [2.45, 2.75) is 19.4 Å². The van der Waals surface area contributed by atoms with E-state index >= 15 is 0 Å². The minimum Gasteiger partial charge on any atom is -0.330 e. The van der Waals surface area contributed by atoms with Crippen molar-refractivity contribution in [2.24, 2.45) is 0 Å². The van der Waals surface area contributed by atoms with Gasteiger partial charge in [-0.05, 0) is 43.2 Å². The van der Waals surface area contributed by atoms with E-state index in [4.69, 9.17) is 11.6 Å². The average Bonchev–Trinajstić information content (AvgIpc) is 3.19. The van der Waals surface area contributed by atoms with Crippen LogP contribution in [0, 0.1) is 0 Å². The maximum absolute atomic E-state index is 12.1. The minimum atomic E-state index is -3.28. The van der Waals surface area contributed by atoms with Crippen LogP contribution in [0.1, 0.15) is 12.5 Å². The summed E-state index contributed by atoms with van der Waals surface area (Å²) in [5.74, 6) is 0. The molecule has 0 saturated heterocycles. The molecular formula is C18H17ClN4O2S2. The molecule has 1 unspecified atom stereocenters. The van der Waals surface area contributed by atoms with E-state index in [1.165, 1.54) is 21.9 Å². The van der Waals surface area contributed by atoms with Crippen LogP contribution >= 0.6 is 22.9 Å². The van der Waals surface area contributed by atoms with Crippen LogP contribution < -0.4 is 9.62 Å². The number of halogens is 1. The quantitative estimate of drug-likeness (QED) is 0.636. The molecule has 6 nitrogen and oxygen atoms in total. The van der Waals surface area contributed by atoms with Crippen LogP contribution in [0.4, 0.5) is 16.5 Å². The molecule has 0 aliphatic carbocycles. The van der Waals surface area contributed by atoms with Gasteiger partial charge in [0.1, 0.15) is 5.15 Å². The number of benzene rings is 1. The first-order chi connectivity index (χ1) is 12.8. The Bertz CT molecular complexity index is 1100. The zero-order valence-corrected chi connectivity index (χ0v) is 17.1. The summed E-state index contributed by atoms with van der Waals surface area (Å²) in [5, 5.41) is 6.37. The molecule has 0 amide bonds. The number of anilines is 3. The van der Waals surface area contributed by atoms with Gasteiger partial charge in [-0.1, -0.05) is 17.7 Å². The first kappa shape index (κ1) is 18.2. The molecule has 2 aromatic heterocycles. The second-order valence-electron chi connectivity index (χ2n) is 6.49. The van der Waals surface area contributed by atoms with E-state index in [0.717, 1.165) is 33.3 Å². The molecule has 1 aromatic carbocycles. The number of thiazole rings is 1. The molecule has 3 aromatic rings. The lowest BCUT2D eigenvalue weighted by Gasteiger charge is -2.21. The molecule has 140 valence electrons. The minimum absolute atomic E-state index is 0.0738. The fourth-order valence-electron chi connectivity index (χ4n) is 3.30.